The normalized spacial score (nSPS) is 16.1. The molecule has 1 fully saturated rings. The van der Waals surface area contributed by atoms with Crippen LogP contribution in [0, 0.1) is 5.82 Å². The number of hydrogen-bond donors (Lipinski definition) is 2. The molecule has 2 aromatic carbocycles. The highest BCUT2D eigenvalue weighted by Crippen LogP contribution is 2.22. The second-order valence-corrected chi connectivity index (χ2v) is 6.77. The van der Waals surface area contributed by atoms with Crippen LogP contribution in [0.2, 0.25) is 0 Å². The van der Waals surface area contributed by atoms with Gasteiger partial charge in [0.05, 0.1) is 13.0 Å². The molecule has 9 heteroatoms. The zero-order valence-electron chi connectivity index (χ0n) is 15.6. The van der Waals surface area contributed by atoms with Crippen LogP contribution in [0.5, 0.6) is 0 Å². The minimum Gasteiger partial charge on any atom is -0.359 e. The van der Waals surface area contributed by atoms with Gasteiger partial charge < -0.3 is 5.32 Å². The Morgan fingerprint density at radius 3 is 2.52 bits per heavy atom. The second-order valence-electron chi connectivity index (χ2n) is 6.41. The molecule has 2 aromatic rings. The highest BCUT2D eigenvalue weighted by molar-refractivity contribution is 7.80. The van der Waals surface area contributed by atoms with Crippen molar-refractivity contribution in [1.29, 1.82) is 0 Å². The summed E-state index contributed by atoms with van der Waals surface area (Å²) in [5, 5.41) is 3.73. The minimum absolute atomic E-state index is 0.0671. The van der Waals surface area contributed by atoms with E-state index < -0.39 is 23.7 Å². The van der Waals surface area contributed by atoms with Gasteiger partial charge in [0.2, 0.25) is 5.91 Å². The first-order valence-electron chi connectivity index (χ1n) is 8.86. The molecule has 29 heavy (non-hydrogen) atoms. The maximum absolute atomic E-state index is 13.4. The summed E-state index contributed by atoms with van der Waals surface area (Å²) in [6.07, 6.45) is -0.190. The number of carbonyl (C=O) groups is 3. The zero-order chi connectivity index (χ0) is 21.0. The van der Waals surface area contributed by atoms with Crippen LogP contribution in [0.1, 0.15) is 22.3 Å². The third kappa shape index (κ3) is 4.57. The molecule has 1 atom stereocenters. The fourth-order valence-electron chi connectivity index (χ4n) is 2.95. The molecule has 3 rings (SSSR count). The topological polar surface area (TPSA) is 81.8 Å². The number of hydrazine groups is 1. The summed E-state index contributed by atoms with van der Waals surface area (Å²) in [6.45, 7) is 0.203. The van der Waals surface area contributed by atoms with E-state index in [9.17, 15) is 18.8 Å². The molecule has 150 valence electrons. The molecule has 0 spiro atoms. The summed E-state index contributed by atoms with van der Waals surface area (Å²) in [6, 6.07) is 13.4. The van der Waals surface area contributed by atoms with Crippen LogP contribution < -0.4 is 10.7 Å². The molecule has 1 aliphatic heterocycles. The summed E-state index contributed by atoms with van der Waals surface area (Å²) >= 11 is 5.41. The first-order valence-corrected chi connectivity index (χ1v) is 9.27. The van der Waals surface area contributed by atoms with Gasteiger partial charge in [0.25, 0.3) is 11.8 Å². The lowest BCUT2D eigenvalue weighted by atomic mass is 10.1. The molecule has 1 heterocycles. The Morgan fingerprint density at radius 1 is 1.14 bits per heavy atom. The standard InChI is InChI=1S/C20H19FN4O3S/c1-22-17(26)11-16-19(28)24(12-13-6-3-2-4-7-13)20(29)25(16)23-18(27)14-8-5-9-15(21)10-14/h2-10,16H,11-12H2,1H3,(H,22,26)(H,23,27)/t16-/m1/s1. The molecule has 1 aliphatic rings. The molecular weight excluding hydrogens is 395 g/mol. The number of amides is 3. The molecule has 0 radical (unpaired) electrons. The maximum atomic E-state index is 13.4. The number of hydrogen-bond acceptors (Lipinski definition) is 4. The van der Waals surface area contributed by atoms with Crippen molar-refractivity contribution < 1.29 is 18.8 Å². The van der Waals surface area contributed by atoms with E-state index in [-0.39, 0.29) is 29.5 Å². The summed E-state index contributed by atoms with van der Waals surface area (Å²) in [7, 11) is 1.46. The Hall–Kier alpha value is -3.33. The van der Waals surface area contributed by atoms with Crippen molar-refractivity contribution in [3.63, 3.8) is 0 Å². The third-order valence-corrected chi connectivity index (χ3v) is 4.87. The van der Waals surface area contributed by atoms with Crippen LogP contribution in [0.4, 0.5) is 4.39 Å². The Morgan fingerprint density at radius 2 is 1.86 bits per heavy atom. The monoisotopic (exact) mass is 414 g/mol. The first kappa shape index (κ1) is 20.4. The van der Waals surface area contributed by atoms with E-state index in [1.807, 2.05) is 30.3 Å². The molecular formula is C20H19FN4O3S. The van der Waals surface area contributed by atoms with Crippen LogP contribution in [0.25, 0.3) is 0 Å². The highest BCUT2D eigenvalue weighted by Gasteiger charge is 2.44. The average Bonchev–Trinajstić information content (AvgIpc) is 2.93. The summed E-state index contributed by atoms with van der Waals surface area (Å²) in [5.74, 6) is -1.98. The largest absolute Gasteiger partial charge is 0.359 e. The predicted molar refractivity (Wildman–Crippen MR) is 108 cm³/mol. The molecule has 0 aliphatic carbocycles. The van der Waals surface area contributed by atoms with Crippen molar-refractivity contribution in [2.45, 2.75) is 19.0 Å². The van der Waals surface area contributed by atoms with Crippen LogP contribution in [-0.2, 0) is 16.1 Å². The number of nitrogens with one attached hydrogen (secondary N) is 2. The molecule has 1 saturated heterocycles. The lowest BCUT2D eigenvalue weighted by Gasteiger charge is -2.24. The summed E-state index contributed by atoms with van der Waals surface area (Å²) < 4.78 is 13.4. The van der Waals surface area contributed by atoms with E-state index in [0.29, 0.717) is 0 Å². The van der Waals surface area contributed by atoms with Crippen LogP contribution in [0.3, 0.4) is 0 Å². The molecule has 0 saturated carbocycles. The number of carbonyl (C=O) groups excluding carboxylic acids is 3. The van der Waals surface area contributed by atoms with Crippen LogP contribution in [0.15, 0.2) is 54.6 Å². The van der Waals surface area contributed by atoms with Gasteiger partial charge in [0, 0.05) is 12.6 Å². The van der Waals surface area contributed by atoms with Gasteiger partial charge >= 0.3 is 0 Å². The number of rotatable bonds is 6. The van der Waals surface area contributed by atoms with Gasteiger partial charge in [-0.2, -0.15) is 0 Å². The van der Waals surface area contributed by atoms with Crippen molar-refractivity contribution in [2.75, 3.05) is 7.05 Å². The van der Waals surface area contributed by atoms with E-state index in [0.717, 1.165) is 11.6 Å². The van der Waals surface area contributed by atoms with E-state index >= 15 is 0 Å². The average molecular weight is 414 g/mol. The Bertz CT molecular complexity index is 954. The van der Waals surface area contributed by atoms with Gasteiger partial charge in [0.15, 0.2) is 5.11 Å². The zero-order valence-corrected chi connectivity index (χ0v) is 16.4. The SMILES string of the molecule is CNC(=O)C[C@@H]1C(=O)N(Cc2ccccc2)C(=S)N1NC(=O)c1cccc(F)c1. The van der Waals surface area contributed by atoms with Crippen LogP contribution >= 0.6 is 12.2 Å². The van der Waals surface area contributed by atoms with Crippen molar-refractivity contribution in [3.05, 3.63) is 71.5 Å². The van der Waals surface area contributed by atoms with Crippen molar-refractivity contribution >= 4 is 35.1 Å². The highest BCUT2D eigenvalue weighted by atomic mass is 32.1. The first-order chi connectivity index (χ1) is 13.9. The lowest BCUT2D eigenvalue weighted by molar-refractivity contribution is -0.132. The molecule has 7 nitrogen and oxygen atoms in total. The van der Waals surface area contributed by atoms with Crippen molar-refractivity contribution in [2.24, 2.45) is 0 Å². The quantitative estimate of drug-likeness (QED) is 0.702. The number of nitrogens with zero attached hydrogens (tertiary/aromatic N) is 2. The van der Waals surface area contributed by atoms with E-state index in [1.165, 1.54) is 35.2 Å². The number of benzene rings is 2. The summed E-state index contributed by atoms with van der Waals surface area (Å²) in [4.78, 5) is 38.8. The predicted octanol–water partition coefficient (Wildman–Crippen LogP) is 1.60. The second kappa shape index (κ2) is 8.78. The fraction of sp³-hybridized carbons (Fsp3) is 0.200. The molecule has 0 bridgehead atoms. The lowest BCUT2D eigenvalue weighted by Crippen LogP contribution is -2.50. The van der Waals surface area contributed by atoms with Gasteiger partial charge in [-0.15, -0.1) is 0 Å². The fourth-order valence-corrected chi connectivity index (χ4v) is 3.27. The smallest absolute Gasteiger partial charge is 0.269 e. The van der Waals surface area contributed by atoms with E-state index in [4.69, 9.17) is 12.2 Å². The Balaban J connectivity index is 1.85. The summed E-state index contributed by atoms with van der Waals surface area (Å²) in [5.41, 5.74) is 3.46. The van der Waals surface area contributed by atoms with Crippen molar-refractivity contribution in [3.8, 4) is 0 Å². The van der Waals surface area contributed by atoms with Gasteiger partial charge in [-0.3, -0.25) is 24.7 Å². The number of thiocarbonyl (C=S) groups is 1. The molecule has 3 amide bonds. The molecule has 0 aromatic heterocycles. The van der Waals surface area contributed by atoms with E-state index in [1.54, 1.807) is 0 Å². The van der Waals surface area contributed by atoms with Gasteiger partial charge in [-0.1, -0.05) is 36.4 Å². The minimum atomic E-state index is -0.997. The van der Waals surface area contributed by atoms with Crippen molar-refractivity contribution in [1.82, 2.24) is 20.7 Å². The van der Waals surface area contributed by atoms with Gasteiger partial charge in [0.1, 0.15) is 11.9 Å². The van der Waals surface area contributed by atoms with E-state index in [2.05, 4.69) is 10.7 Å². The molecule has 0 unspecified atom stereocenters. The Labute approximate surface area is 172 Å². The molecule has 2 N–H and O–H groups in total. The maximum Gasteiger partial charge on any atom is 0.269 e. The van der Waals surface area contributed by atoms with Gasteiger partial charge in [-0.25, -0.2) is 9.40 Å². The Kier molecular flexibility index (Phi) is 6.18. The van der Waals surface area contributed by atoms with Crippen LogP contribution in [-0.4, -0.2) is 45.8 Å². The van der Waals surface area contributed by atoms with Gasteiger partial charge in [-0.05, 0) is 36.0 Å². The number of halogens is 1. The third-order valence-electron chi connectivity index (χ3n) is 4.45.